The Morgan fingerprint density at radius 3 is 2.25 bits per heavy atom. The molecule has 0 aromatic heterocycles. The second-order valence-electron chi connectivity index (χ2n) is 1.47. The number of carbonyl (C=O) groups is 1. The number of aliphatic carboxylic acids is 1. The molecule has 0 aliphatic carbocycles. The average molecular weight is 126 g/mol. The Bertz CT molecular complexity index is 76.4. The van der Waals surface area contributed by atoms with Gasteiger partial charge in [-0.05, 0) is 0 Å². The summed E-state index contributed by atoms with van der Waals surface area (Å²) in [4.78, 5) is 9.85. The SMILES string of the molecule is CC(CN)C(=O)O.[Na]. The van der Waals surface area contributed by atoms with Crippen LogP contribution in [0.4, 0.5) is 0 Å². The Morgan fingerprint density at radius 1 is 1.88 bits per heavy atom. The van der Waals surface area contributed by atoms with Crippen molar-refractivity contribution in [1.82, 2.24) is 0 Å². The summed E-state index contributed by atoms with van der Waals surface area (Å²) < 4.78 is 0. The number of rotatable bonds is 2. The van der Waals surface area contributed by atoms with Crippen LogP contribution in [0.2, 0.25) is 0 Å². The van der Waals surface area contributed by atoms with Crippen LogP contribution in [0, 0.1) is 5.92 Å². The maximum atomic E-state index is 9.85. The van der Waals surface area contributed by atoms with Gasteiger partial charge in [0.15, 0.2) is 0 Å². The van der Waals surface area contributed by atoms with Crippen LogP contribution in [-0.4, -0.2) is 47.2 Å². The third-order valence-electron chi connectivity index (χ3n) is 0.775. The summed E-state index contributed by atoms with van der Waals surface area (Å²) in [5, 5.41) is 8.10. The molecule has 0 saturated carbocycles. The first-order chi connectivity index (χ1) is 3.18. The van der Waals surface area contributed by atoms with Crippen LogP contribution in [0.5, 0.6) is 0 Å². The number of nitrogens with two attached hydrogens (primary N) is 1. The first-order valence-electron chi connectivity index (χ1n) is 2.11. The smallest absolute Gasteiger partial charge is 0.307 e. The molecule has 0 spiro atoms. The molecule has 43 valence electrons. The molecule has 0 bridgehead atoms. The Kier molecular flexibility index (Phi) is 7.83. The maximum absolute atomic E-state index is 9.85. The molecule has 0 fully saturated rings. The van der Waals surface area contributed by atoms with Gasteiger partial charge >= 0.3 is 5.97 Å². The minimum atomic E-state index is -0.831. The summed E-state index contributed by atoms with van der Waals surface area (Å²) in [7, 11) is 0. The summed E-state index contributed by atoms with van der Waals surface area (Å²) in [6.07, 6.45) is 0. The molecule has 0 rings (SSSR count). The minimum Gasteiger partial charge on any atom is -0.481 e. The molecule has 3 nitrogen and oxygen atoms in total. The zero-order valence-corrected chi connectivity index (χ0v) is 7.22. The van der Waals surface area contributed by atoms with Gasteiger partial charge in [0.25, 0.3) is 0 Å². The Labute approximate surface area is 70.5 Å². The average Bonchev–Trinajstić information content (AvgIpc) is 1.65. The molecule has 0 heterocycles. The van der Waals surface area contributed by atoms with Crippen molar-refractivity contribution < 1.29 is 9.90 Å². The van der Waals surface area contributed by atoms with Crippen molar-refractivity contribution in [3.8, 4) is 0 Å². The van der Waals surface area contributed by atoms with E-state index in [0.717, 1.165) is 0 Å². The van der Waals surface area contributed by atoms with E-state index in [-0.39, 0.29) is 36.1 Å². The standard InChI is InChI=1S/C4H9NO2.Na/c1-3(2-5)4(6)7;/h3H,2,5H2,1H3,(H,6,7);. The van der Waals surface area contributed by atoms with E-state index in [4.69, 9.17) is 10.8 Å². The van der Waals surface area contributed by atoms with E-state index >= 15 is 0 Å². The van der Waals surface area contributed by atoms with Crippen LogP contribution in [0.25, 0.3) is 0 Å². The van der Waals surface area contributed by atoms with Crippen molar-refractivity contribution in [3.05, 3.63) is 0 Å². The van der Waals surface area contributed by atoms with Crippen molar-refractivity contribution >= 4 is 35.5 Å². The molecular weight excluding hydrogens is 117 g/mol. The molecule has 1 unspecified atom stereocenters. The van der Waals surface area contributed by atoms with Crippen molar-refractivity contribution in [1.29, 1.82) is 0 Å². The van der Waals surface area contributed by atoms with Gasteiger partial charge in [0.05, 0.1) is 5.92 Å². The molecule has 4 heteroatoms. The quantitative estimate of drug-likeness (QED) is 0.480. The van der Waals surface area contributed by atoms with E-state index < -0.39 is 11.9 Å². The van der Waals surface area contributed by atoms with E-state index in [1.54, 1.807) is 6.92 Å². The molecule has 0 aliphatic rings. The van der Waals surface area contributed by atoms with Crippen molar-refractivity contribution in [2.75, 3.05) is 6.54 Å². The molecule has 0 saturated heterocycles. The largest absolute Gasteiger partial charge is 0.481 e. The van der Waals surface area contributed by atoms with E-state index in [9.17, 15) is 4.79 Å². The summed E-state index contributed by atoms with van der Waals surface area (Å²) in [5.74, 6) is -1.23. The van der Waals surface area contributed by atoms with E-state index in [2.05, 4.69) is 0 Å². The summed E-state index contributed by atoms with van der Waals surface area (Å²) >= 11 is 0. The Morgan fingerprint density at radius 2 is 2.25 bits per heavy atom. The molecule has 3 N–H and O–H groups in total. The first-order valence-corrected chi connectivity index (χ1v) is 2.11. The van der Waals surface area contributed by atoms with Gasteiger partial charge in [-0.2, -0.15) is 0 Å². The van der Waals surface area contributed by atoms with Gasteiger partial charge in [-0.15, -0.1) is 0 Å². The number of carboxylic acids is 1. The normalized spacial score (nSPS) is 11.8. The maximum Gasteiger partial charge on any atom is 0.307 e. The third-order valence-corrected chi connectivity index (χ3v) is 0.775. The van der Waals surface area contributed by atoms with E-state index in [1.165, 1.54) is 0 Å². The zero-order valence-electron chi connectivity index (χ0n) is 5.22. The first kappa shape index (κ1) is 11.3. The molecule has 0 aromatic rings. The van der Waals surface area contributed by atoms with Crippen molar-refractivity contribution in [2.45, 2.75) is 6.92 Å². The van der Waals surface area contributed by atoms with Crippen LogP contribution in [0.15, 0.2) is 0 Å². The number of carboxylic acid groups (broad SMARTS) is 1. The minimum absolute atomic E-state index is 0. The molecule has 1 radical (unpaired) electrons. The molecule has 0 aliphatic heterocycles. The predicted molar refractivity (Wildman–Crippen MR) is 31.6 cm³/mol. The monoisotopic (exact) mass is 126 g/mol. The fourth-order valence-corrected chi connectivity index (χ4v) is 0.101. The van der Waals surface area contributed by atoms with Gasteiger partial charge in [-0.3, -0.25) is 4.79 Å². The molecule has 1 atom stereocenters. The molecule has 0 aromatic carbocycles. The topological polar surface area (TPSA) is 63.3 Å². The third kappa shape index (κ3) is 4.59. The summed E-state index contributed by atoms with van der Waals surface area (Å²) in [6, 6.07) is 0. The molecule has 8 heavy (non-hydrogen) atoms. The Hall–Kier alpha value is 0.430. The van der Waals surface area contributed by atoms with Gasteiger partial charge in [0, 0.05) is 36.1 Å². The predicted octanol–water partition coefficient (Wildman–Crippen LogP) is -0.715. The van der Waals surface area contributed by atoms with Crippen LogP contribution >= 0.6 is 0 Å². The van der Waals surface area contributed by atoms with E-state index in [1.807, 2.05) is 0 Å². The van der Waals surface area contributed by atoms with Crippen molar-refractivity contribution in [3.63, 3.8) is 0 Å². The fraction of sp³-hybridized carbons (Fsp3) is 0.750. The molecule has 0 amide bonds. The van der Waals surface area contributed by atoms with Crippen LogP contribution in [0.1, 0.15) is 6.92 Å². The van der Waals surface area contributed by atoms with Gasteiger partial charge in [0.1, 0.15) is 0 Å². The zero-order chi connectivity index (χ0) is 5.86. The van der Waals surface area contributed by atoms with Gasteiger partial charge in [0.2, 0.25) is 0 Å². The second-order valence-corrected chi connectivity index (χ2v) is 1.47. The summed E-state index contributed by atoms with van der Waals surface area (Å²) in [5.41, 5.74) is 4.99. The van der Waals surface area contributed by atoms with Crippen LogP contribution in [0.3, 0.4) is 0 Å². The summed E-state index contributed by atoms with van der Waals surface area (Å²) in [6.45, 7) is 1.79. The van der Waals surface area contributed by atoms with Gasteiger partial charge in [-0.25, -0.2) is 0 Å². The van der Waals surface area contributed by atoms with E-state index in [0.29, 0.717) is 0 Å². The second kappa shape index (κ2) is 5.56. The van der Waals surface area contributed by atoms with Crippen molar-refractivity contribution in [2.24, 2.45) is 11.7 Å². The van der Waals surface area contributed by atoms with Crippen LogP contribution in [-0.2, 0) is 4.79 Å². The van der Waals surface area contributed by atoms with Gasteiger partial charge in [-0.1, -0.05) is 6.92 Å². The Balaban J connectivity index is 0. The fourth-order valence-electron chi connectivity index (χ4n) is 0.101. The molecular formula is C4H9NNaO2. The van der Waals surface area contributed by atoms with Crippen LogP contribution < -0.4 is 5.73 Å². The number of hydrogen-bond donors (Lipinski definition) is 2. The van der Waals surface area contributed by atoms with Gasteiger partial charge < -0.3 is 10.8 Å². The number of hydrogen-bond acceptors (Lipinski definition) is 2.